The molecule has 0 saturated carbocycles. The van der Waals surface area contributed by atoms with Gasteiger partial charge in [0, 0.05) is 31.7 Å². The molecule has 1 aromatic rings. The quantitative estimate of drug-likeness (QED) is 0.539. The minimum atomic E-state index is -0.378. The first kappa shape index (κ1) is 16.5. The Kier molecular flexibility index (Phi) is 5.53. The number of phenols is 1. The van der Waals surface area contributed by atoms with Gasteiger partial charge in [0.15, 0.2) is 0 Å². The SMILES string of the molecule is O=C(CCN1C(=O)C=CC1=O)NCCc1ccc(O)c([125I])c1. The average molecular weight is 412 g/mol. The predicted molar refractivity (Wildman–Crippen MR) is 88.0 cm³/mol. The summed E-state index contributed by atoms with van der Waals surface area (Å²) >= 11 is 2.04. The summed E-state index contributed by atoms with van der Waals surface area (Å²) in [5.74, 6) is -0.726. The fraction of sp³-hybridized carbons (Fsp3) is 0.267. The van der Waals surface area contributed by atoms with Crippen LogP contribution >= 0.6 is 22.6 Å². The molecule has 1 aromatic carbocycles. The van der Waals surface area contributed by atoms with E-state index in [9.17, 15) is 19.5 Å². The third-order valence-electron chi connectivity index (χ3n) is 3.21. The van der Waals surface area contributed by atoms with Gasteiger partial charge in [-0.3, -0.25) is 19.3 Å². The Morgan fingerprint density at radius 3 is 2.55 bits per heavy atom. The van der Waals surface area contributed by atoms with E-state index in [1.165, 1.54) is 12.2 Å². The third kappa shape index (κ3) is 4.30. The predicted octanol–water partition coefficient (Wildman–Crippen LogP) is 0.971. The highest BCUT2D eigenvalue weighted by molar-refractivity contribution is 14.1. The molecule has 0 aromatic heterocycles. The highest BCUT2D eigenvalue weighted by Gasteiger charge is 2.23. The maximum atomic E-state index is 11.7. The minimum Gasteiger partial charge on any atom is -0.507 e. The molecule has 0 unspecified atom stereocenters. The van der Waals surface area contributed by atoms with Crippen LogP contribution in [0.4, 0.5) is 0 Å². The van der Waals surface area contributed by atoms with Crippen molar-refractivity contribution in [3.8, 4) is 5.75 Å². The molecule has 2 rings (SSSR count). The lowest BCUT2D eigenvalue weighted by Crippen LogP contribution is -2.35. The van der Waals surface area contributed by atoms with Gasteiger partial charge < -0.3 is 10.4 Å². The molecule has 22 heavy (non-hydrogen) atoms. The third-order valence-corrected chi connectivity index (χ3v) is 4.07. The van der Waals surface area contributed by atoms with Crippen LogP contribution in [-0.4, -0.2) is 40.8 Å². The van der Waals surface area contributed by atoms with E-state index < -0.39 is 0 Å². The van der Waals surface area contributed by atoms with E-state index in [0.717, 1.165) is 14.0 Å². The molecule has 116 valence electrons. The van der Waals surface area contributed by atoms with E-state index in [0.29, 0.717) is 13.0 Å². The summed E-state index contributed by atoms with van der Waals surface area (Å²) in [5.41, 5.74) is 1.01. The lowest BCUT2D eigenvalue weighted by atomic mass is 10.1. The summed E-state index contributed by atoms with van der Waals surface area (Å²) in [7, 11) is 0. The molecule has 7 heteroatoms. The fourth-order valence-corrected chi connectivity index (χ4v) is 2.59. The first-order chi connectivity index (χ1) is 10.5. The van der Waals surface area contributed by atoms with Crippen molar-refractivity contribution in [3.63, 3.8) is 0 Å². The van der Waals surface area contributed by atoms with Gasteiger partial charge in [-0.25, -0.2) is 0 Å². The van der Waals surface area contributed by atoms with Crippen molar-refractivity contribution < 1.29 is 19.5 Å². The Labute approximate surface area is 141 Å². The van der Waals surface area contributed by atoms with Gasteiger partial charge in [0.25, 0.3) is 11.8 Å². The average Bonchev–Trinajstić information content (AvgIpc) is 2.80. The van der Waals surface area contributed by atoms with Crippen molar-refractivity contribution in [3.05, 3.63) is 39.5 Å². The topological polar surface area (TPSA) is 86.7 Å². The maximum absolute atomic E-state index is 11.7. The molecule has 0 radical (unpaired) electrons. The second kappa shape index (κ2) is 7.39. The fourth-order valence-electron chi connectivity index (χ4n) is 2.01. The van der Waals surface area contributed by atoms with Crippen molar-refractivity contribution >= 4 is 40.3 Å². The Morgan fingerprint density at radius 2 is 1.91 bits per heavy atom. The smallest absolute Gasteiger partial charge is 0.253 e. The van der Waals surface area contributed by atoms with Crippen molar-refractivity contribution in [1.29, 1.82) is 0 Å². The molecule has 0 fully saturated rings. The molecule has 2 N–H and O–H groups in total. The lowest BCUT2D eigenvalue weighted by molar-refractivity contribution is -0.137. The van der Waals surface area contributed by atoms with E-state index >= 15 is 0 Å². The highest BCUT2D eigenvalue weighted by Crippen LogP contribution is 2.20. The number of hydrogen-bond donors (Lipinski definition) is 2. The van der Waals surface area contributed by atoms with E-state index in [2.05, 4.69) is 5.32 Å². The monoisotopic (exact) mass is 412 g/mol. The van der Waals surface area contributed by atoms with Crippen LogP contribution < -0.4 is 5.32 Å². The lowest BCUT2D eigenvalue weighted by Gasteiger charge is -2.13. The summed E-state index contributed by atoms with van der Waals surface area (Å²) < 4.78 is 0.764. The molecule has 3 amide bonds. The zero-order valence-corrected chi connectivity index (χ0v) is 13.9. The summed E-state index contributed by atoms with van der Waals surface area (Å²) in [6, 6.07) is 5.28. The first-order valence-corrected chi connectivity index (χ1v) is 7.83. The molecule has 1 heterocycles. The molecule has 0 atom stereocenters. The van der Waals surface area contributed by atoms with Crippen LogP contribution in [0.25, 0.3) is 0 Å². The first-order valence-electron chi connectivity index (χ1n) is 6.75. The molecule has 1 aliphatic rings. The van der Waals surface area contributed by atoms with E-state index in [-0.39, 0.29) is 36.4 Å². The number of carbonyl (C=O) groups is 3. The Bertz CT molecular complexity index is 624. The van der Waals surface area contributed by atoms with Gasteiger partial charge in [0.2, 0.25) is 5.91 Å². The normalized spacial score (nSPS) is 13.8. The van der Waals surface area contributed by atoms with E-state index in [1.807, 2.05) is 28.7 Å². The van der Waals surface area contributed by atoms with Gasteiger partial charge in [0.1, 0.15) is 5.75 Å². The number of aromatic hydroxyl groups is 1. The number of benzene rings is 1. The second-order valence-electron chi connectivity index (χ2n) is 4.80. The maximum Gasteiger partial charge on any atom is 0.253 e. The number of phenolic OH excluding ortho intramolecular Hbond substituents is 1. The zero-order chi connectivity index (χ0) is 16.1. The molecular formula is C15H15IN2O4. The van der Waals surface area contributed by atoms with Crippen molar-refractivity contribution in [2.45, 2.75) is 12.8 Å². The number of nitrogens with one attached hydrogen (secondary N) is 1. The number of rotatable bonds is 6. The van der Waals surface area contributed by atoms with Crippen molar-refractivity contribution in [1.82, 2.24) is 10.2 Å². The zero-order valence-electron chi connectivity index (χ0n) is 11.7. The van der Waals surface area contributed by atoms with Crippen LogP contribution in [0.3, 0.4) is 0 Å². The number of halogens is 1. The Hall–Kier alpha value is -1.90. The number of carbonyl (C=O) groups excluding carboxylic acids is 3. The molecule has 1 aliphatic heterocycles. The minimum absolute atomic E-state index is 0.0896. The summed E-state index contributed by atoms with van der Waals surface area (Å²) in [5, 5.41) is 12.2. The van der Waals surface area contributed by atoms with Crippen molar-refractivity contribution in [2.24, 2.45) is 0 Å². The number of amides is 3. The van der Waals surface area contributed by atoms with Crippen LogP contribution in [0.1, 0.15) is 12.0 Å². The summed E-state index contributed by atoms with van der Waals surface area (Å²) in [6.45, 7) is 0.549. The van der Waals surface area contributed by atoms with Crippen LogP contribution in [-0.2, 0) is 20.8 Å². The highest BCUT2D eigenvalue weighted by atomic mass is 125. The van der Waals surface area contributed by atoms with Gasteiger partial charge in [-0.1, -0.05) is 6.07 Å². The molecule has 0 saturated heterocycles. The summed E-state index contributed by atoms with van der Waals surface area (Å²) in [4.78, 5) is 35.4. The van der Waals surface area contributed by atoms with Crippen LogP contribution in [0, 0.1) is 3.57 Å². The molecule has 0 bridgehead atoms. The van der Waals surface area contributed by atoms with Crippen LogP contribution in [0.2, 0.25) is 0 Å². The standard InChI is InChI=1S/C15H15IN2O4/c16-11-9-10(1-2-12(11)19)5-7-17-13(20)6-8-18-14(21)3-4-15(18)22/h1-4,9,19H,5-8H2,(H,17,20)/i16-2. The van der Waals surface area contributed by atoms with Gasteiger partial charge in [-0.15, -0.1) is 0 Å². The number of imide groups is 1. The van der Waals surface area contributed by atoms with Crippen LogP contribution in [0.5, 0.6) is 5.75 Å². The Balaban J connectivity index is 1.70. The molecule has 6 nitrogen and oxygen atoms in total. The van der Waals surface area contributed by atoms with Crippen molar-refractivity contribution in [2.75, 3.05) is 13.1 Å². The van der Waals surface area contributed by atoms with Crippen LogP contribution in [0.15, 0.2) is 30.4 Å². The molecule has 0 aliphatic carbocycles. The van der Waals surface area contributed by atoms with E-state index in [4.69, 9.17) is 0 Å². The largest absolute Gasteiger partial charge is 0.507 e. The number of hydrogen-bond acceptors (Lipinski definition) is 4. The van der Waals surface area contributed by atoms with Gasteiger partial charge >= 0.3 is 0 Å². The van der Waals surface area contributed by atoms with Gasteiger partial charge in [0.05, 0.1) is 3.57 Å². The molecular weight excluding hydrogens is 397 g/mol. The summed E-state index contributed by atoms with van der Waals surface area (Å²) in [6.07, 6.45) is 3.14. The Morgan fingerprint density at radius 1 is 1.23 bits per heavy atom. The molecule has 0 spiro atoms. The number of nitrogens with zero attached hydrogens (tertiary/aromatic N) is 1. The van der Waals surface area contributed by atoms with E-state index in [1.54, 1.807) is 12.1 Å². The van der Waals surface area contributed by atoms with Gasteiger partial charge in [-0.05, 0) is 46.7 Å². The second-order valence-corrected chi connectivity index (χ2v) is 5.96. The van der Waals surface area contributed by atoms with Gasteiger partial charge in [-0.2, -0.15) is 0 Å².